The number of nitrogens with one attached hydrogen (secondary N) is 1. The lowest BCUT2D eigenvalue weighted by Gasteiger charge is -2.40. The van der Waals surface area contributed by atoms with Crippen LogP contribution in [0, 0.1) is 0 Å². The summed E-state index contributed by atoms with van der Waals surface area (Å²) >= 11 is 0. The van der Waals surface area contributed by atoms with E-state index in [0.717, 1.165) is 6.04 Å². The quantitative estimate of drug-likeness (QED) is 0.753. The van der Waals surface area contributed by atoms with Gasteiger partial charge in [-0.3, -0.25) is 4.90 Å². The lowest BCUT2D eigenvalue weighted by Crippen LogP contribution is -2.56. The van der Waals surface area contributed by atoms with Gasteiger partial charge < -0.3 is 5.32 Å². The van der Waals surface area contributed by atoms with Crippen LogP contribution >= 0.6 is 0 Å². The lowest BCUT2D eigenvalue weighted by atomic mass is 10.0. The molecular weight excluding hydrogens is 184 g/mol. The van der Waals surface area contributed by atoms with Gasteiger partial charge >= 0.3 is 0 Å². The summed E-state index contributed by atoms with van der Waals surface area (Å²) in [4.78, 5) is 2.70. The highest BCUT2D eigenvalue weighted by molar-refractivity contribution is 4.84. The zero-order chi connectivity index (χ0) is 11.3. The van der Waals surface area contributed by atoms with E-state index in [2.05, 4.69) is 37.9 Å². The van der Waals surface area contributed by atoms with Gasteiger partial charge in [0, 0.05) is 31.2 Å². The van der Waals surface area contributed by atoms with Gasteiger partial charge in [-0.15, -0.1) is 0 Å². The fraction of sp³-hybridized carbons (Fsp3) is 1.00. The standard InChI is InChI=1S/C13H28N2/c1-5-7-8-13(6-2)15-9-11(3)14-12(4)10-15/h11-14H,5-10H2,1-4H3. The largest absolute Gasteiger partial charge is 0.309 e. The maximum absolute atomic E-state index is 3.60. The first kappa shape index (κ1) is 13.0. The Labute approximate surface area is 95.4 Å². The Balaban J connectivity index is 2.43. The molecule has 0 aromatic carbocycles. The molecule has 15 heavy (non-hydrogen) atoms. The molecule has 0 saturated carbocycles. The summed E-state index contributed by atoms with van der Waals surface area (Å²) < 4.78 is 0. The summed E-state index contributed by atoms with van der Waals surface area (Å²) in [6, 6.07) is 2.13. The predicted molar refractivity (Wildman–Crippen MR) is 67.2 cm³/mol. The molecule has 0 aliphatic carbocycles. The van der Waals surface area contributed by atoms with Crippen molar-refractivity contribution in [1.29, 1.82) is 0 Å². The molecule has 90 valence electrons. The van der Waals surface area contributed by atoms with Crippen LogP contribution in [-0.4, -0.2) is 36.1 Å². The van der Waals surface area contributed by atoms with Crippen molar-refractivity contribution >= 4 is 0 Å². The van der Waals surface area contributed by atoms with E-state index in [1.165, 1.54) is 38.8 Å². The van der Waals surface area contributed by atoms with Crippen LogP contribution in [0.3, 0.4) is 0 Å². The summed E-state index contributed by atoms with van der Waals surface area (Å²) in [7, 11) is 0. The maximum Gasteiger partial charge on any atom is 0.0169 e. The van der Waals surface area contributed by atoms with Gasteiger partial charge in [0.05, 0.1) is 0 Å². The number of rotatable bonds is 5. The Kier molecular flexibility index (Phi) is 5.62. The van der Waals surface area contributed by atoms with Crippen molar-refractivity contribution in [3.8, 4) is 0 Å². The van der Waals surface area contributed by atoms with E-state index in [1.54, 1.807) is 0 Å². The van der Waals surface area contributed by atoms with Gasteiger partial charge in [-0.1, -0.05) is 26.7 Å². The molecule has 0 radical (unpaired) electrons. The number of hydrogen-bond donors (Lipinski definition) is 1. The first-order valence-corrected chi connectivity index (χ1v) is 6.67. The van der Waals surface area contributed by atoms with E-state index in [9.17, 15) is 0 Å². The van der Waals surface area contributed by atoms with Crippen LogP contribution in [0.25, 0.3) is 0 Å². The molecule has 1 aliphatic heterocycles. The molecule has 1 aliphatic rings. The van der Waals surface area contributed by atoms with Crippen LogP contribution in [0.4, 0.5) is 0 Å². The van der Waals surface area contributed by atoms with Gasteiger partial charge in [-0.2, -0.15) is 0 Å². The van der Waals surface area contributed by atoms with Crippen molar-refractivity contribution in [1.82, 2.24) is 10.2 Å². The van der Waals surface area contributed by atoms with Crippen molar-refractivity contribution in [3.05, 3.63) is 0 Å². The average molecular weight is 212 g/mol. The minimum atomic E-state index is 0.657. The number of nitrogens with zero attached hydrogens (tertiary/aromatic N) is 1. The van der Waals surface area contributed by atoms with E-state index < -0.39 is 0 Å². The molecule has 1 saturated heterocycles. The third-order valence-electron chi connectivity index (χ3n) is 3.46. The van der Waals surface area contributed by atoms with Crippen LogP contribution in [0.15, 0.2) is 0 Å². The van der Waals surface area contributed by atoms with Crippen LogP contribution in [0.2, 0.25) is 0 Å². The third-order valence-corrected chi connectivity index (χ3v) is 3.46. The molecule has 3 atom stereocenters. The molecule has 2 nitrogen and oxygen atoms in total. The minimum Gasteiger partial charge on any atom is -0.309 e. The Morgan fingerprint density at radius 1 is 1.20 bits per heavy atom. The molecule has 0 bridgehead atoms. The summed E-state index contributed by atoms with van der Waals surface area (Å²) in [5.41, 5.74) is 0. The zero-order valence-corrected chi connectivity index (χ0v) is 10.9. The Hall–Kier alpha value is -0.0800. The second kappa shape index (κ2) is 6.49. The molecule has 0 spiro atoms. The van der Waals surface area contributed by atoms with Crippen LogP contribution in [-0.2, 0) is 0 Å². The summed E-state index contributed by atoms with van der Waals surface area (Å²) in [5.74, 6) is 0. The highest BCUT2D eigenvalue weighted by atomic mass is 15.2. The minimum absolute atomic E-state index is 0.657. The fourth-order valence-electron chi connectivity index (χ4n) is 2.75. The van der Waals surface area contributed by atoms with E-state index in [1.807, 2.05) is 0 Å². The first-order chi connectivity index (χ1) is 7.17. The van der Waals surface area contributed by atoms with E-state index in [-0.39, 0.29) is 0 Å². The fourth-order valence-corrected chi connectivity index (χ4v) is 2.75. The normalized spacial score (nSPS) is 30.4. The van der Waals surface area contributed by atoms with Crippen LogP contribution < -0.4 is 5.32 Å². The van der Waals surface area contributed by atoms with Gasteiger partial charge in [-0.05, 0) is 26.7 Å². The Morgan fingerprint density at radius 2 is 1.80 bits per heavy atom. The molecule has 2 heteroatoms. The van der Waals surface area contributed by atoms with Gasteiger partial charge in [-0.25, -0.2) is 0 Å². The molecule has 0 amide bonds. The summed E-state index contributed by atoms with van der Waals surface area (Å²) in [6.07, 6.45) is 5.39. The van der Waals surface area contributed by atoms with Crippen molar-refractivity contribution in [2.24, 2.45) is 0 Å². The van der Waals surface area contributed by atoms with Crippen LogP contribution in [0.1, 0.15) is 53.4 Å². The highest BCUT2D eigenvalue weighted by Crippen LogP contribution is 2.16. The second-order valence-corrected chi connectivity index (χ2v) is 5.13. The molecule has 1 fully saturated rings. The monoisotopic (exact) mass is 212 g/mol. The molecule has 3 unspecified atom stereocenters. The second-order valence-electron chi connectivity index (χ2n) is 5.13. The Bertz CT molecular complexity index is 160. The van der Waals surface area contributed by atoms with Crippen molar-refractivity contribution < 1.29 is 0 Å². The topological polar surface area (TPSA) is 15.3 Å². The average Bonchev–Trinajstić information content (AvgIpc) is 2.17. The molecular formula is C13H28N2. The summed E-state index contributed by atoms with van der Waals surface area (Å²) in [5, 5.41) is 3.60. The highest BCUT2D eigenvalue weighted by Gasteiger charge is 2.25. The van der Waals surface area contributed by atoms with Crippen LogP contribution in [0.5, 0.6) is 0 Å². The van der Waals surface area contributed by atoms with Crippen molar-refractivity contribution in [2.75, 3.05) is 13.1 Å². The van der Waals surface area contributed by atoms with Crippen molar-refractivity contribution in [2.45, 2.75) is 71.5 Å². The smallest absolute Gasteiger partial charge is 0.0169 e. The van der Waals surface area contributed by atoms with E-state index >= 15 is 0 Å². The Morgan fingerprint density at radius 3 is 2.27 bits per heavy atom. The van der Waals surface area contributed by atoms with E-state index in [4.69, 9.17) is 0 Å². The molecule has 1 heterocycles. The van der Waals surface area contributed by atoms with Gasteiger partial charge in [0.2, 0.25) is 0 Å². The number of piperazine rings is 1. The first-order valence-electron chi connectivity index (χ1n) is 6.67. The SMILES string of the molecule is CCCCC(CC)N1CC(C)NC(C)C1. The molecule has 0 aromatic rings. The van der Waals surface area contributed by atoms with E-state index in [0.29, 0.717) is 12.1 Å². The van der Waals surface area contributed by atoms with Gasteiger partial charge in [0.15, 0.2) is 0 Å². The van der Waals surface area contributed by atoms with Gasteiger partial charge in [0.1, 0.15) is 0 Å². The van der Waals surface area contributed by atoms with Gasteiger partial charge in [0.25, 0.3) is 0 Å². The molecule has 0 aromatic heterocycles. The lowest BCUT2D eigenvalue weighted by molar-refractivity contribution is 0.113. The number of unbranched alkanes of at least 4 members (excludes halogenated alkanes) is 1. The van der Waals surface area contributed by atoms with Crippen molar-refractivity contribution in [3.63, 3.8) is 0 Å². The predicted octanol–water partition coefficient (Wildman–Crippen LogP) is 2.64. The summed E-state index contributed by atoms with van der Waals surface area (Å²) in [6.45, 7) is 11.7. The third kappa shape index (κ3) is 4.12. The number of hydrogen-bond acceptors (Lipinski definition) is 2. The maximum atomic E-state index is 3.60. The molecule has 1 N–H and O–H groups in total. The zero-order valence-electron chi connectivity index (χ0n) is 10.9. The molecule has 1 rings (SSSR count).